The largest absolute Gasteiger partial charge is 0.497 e. The highest BCUT2D eigenvalue weighted by molar-refractivity contribution is 6.91. The molecule has 5 atom stereocenters. The van der Waals surface area contributed by atoms with Crippen LogP contribution in [0.1, 0.15) is 36.5 Å². The lowest BCUT2D eigenvalue weighted by atomic mass is 9.93. The number of aryl methyl sites for hydroxylation is 1. The molecule has 5 aromatic rings. The summed E-state index contributed by atoms with van der Waals surface area (Å²) in [5.41, 5.74) is 5.23. The molecule has 0 unspecified atom stereocenters. The van der Waals surface area contributed by atoms with Gasteiger partial charge in [0.25, 0.3) is 5.56 Å². The number of carbonyl (C=O) groups is 1. The summed E-state index contributed by atoms with van der Waals surface area (Å²) in [6.45, 7) is 7.53. The summed E-state index contributed by atoms with van der Waals surface area (Å²) in [6, 6.07) is 32.1. The zero-order valence-electron chi connectivity index (χ0n) is 29.3. The lowest BCUT2D eigenvalue weighted by molar-refractivity contribution is -0.138. The van der Waals surface area contributed by atoms with Crippen molar-refractivity contribution in [2.24, 2.45) is 5.92 Å². The number of aromatic nitrogens is 2. The smallest absolute Gasteiger partial charge is 0.279 e. The van der Waals surface area contributed by atoms with Crippen molar-refractivity contribution in [1.29, 1.82) is 0 Å². The molecule has 3 heterocycles. The molecule has 2 aliphatic rings. The van der Waals surface area contributed by atoms with Crippen LogP contribution in [0.25, 0.3) is 16.6 Å². The normalized spacial score (nSPS) is 22.1. The summed E-state index contributed by atoms with van der Waals surface area (Å²) in [5, 5.41) is 15.6. The van der Waals surface area contributed by atoms with Crippen molar-refractivity contribution in [3.8, 4) is 11.4 Å². The molecule has 0 aliphatic carbocycles. The number of rotatable bonds is 10. The molecule has 2 aliphatic heterocycles. The Bertz CT molecular complexity index is 2040. The third kappa shape index (κ3) is 6.45. The van der Waals surface area contributed by atoms with Gasteiger partial charge in [-0.05, 0) is 83.8 Å². The summed E-state index contributed by atoms with van der Waals surface area (Å²) in [5.74, 6) is 1.10. The Balaban J connectivity index is 1.13. The molecule has 0 spiro atoms. The van der Waals surface area contributed by atoms with Crippen LogP contribution in [0.3, 0.4) is 0 Å². The number of hydrogen-bond donors (Lipinski definition) is 2. The minimum absolute atomic E-state index is 0.0296. The molecule has 1 fully saturated rings. The van der Waals surface area contributed by atoms with Crippen molar-refractivity contribution < 1.29 is 19.4 Å². The fourth-order valence-corrected chi connectivity index (χ4v) is 12.6. The van der Waals surface area contributed by atoms with Crippen LogP contribution in [0.2, 0.25) is 18.6 Å². The number of fused-ring (bicyclic) bond motifs is 2. The Morgan fingerprint density at radius 1 is 0.960 bits per heavy atom. The van der Waals surface area contributed by atoms with Crippen LogP contribution in [0.15, 0.2) is 102 Å². The van der Waals surface area contributed by atoms with E-state index in [0.29, 0.717) is 18.4 Å². The fraction of sp³-hybridized carbons (Fsp3) is 0.366. The Morgan fingerprint density at radius 3 is 2.44 bits per heavy atom. The molecule has 2 N–H and O–H groups in total. The van der Waals surface area contributed by atoms with Crippen molar-refractivity contribution in [2.45, 2.75) is 76.0 Å². The number of aliphatic hydroxyl groups is 1. The van der Waals surface area contributed by atoms with E-state index in [1.54, 1.807) is 11.8 Å². The first kappa shape index (κ1) is 34.0. The zero-order valence-corrected chi connectivity index (χ0v) is 30.3. The van der Waals surface area contributed by atoms with E-state index in [9.17, 15) is 14.7 Å². The lowest BCUT2D eigenvalue weighted by Crippen LogP contribution is -2.52. The van der Waals surface area contributed by atoms with Gasteiger partial charge in [0.15, 0.2) is 0 Å². The summed E-state index contributed by atoms with van der Waals surface area (Å²) >= 11 is 0. The van der Waals surface area contributed by atoms with Crippen LogP contribution in [0.5, 0.6) is 5.75 Å². The number of para-hydroxylation sites is 1. The van der Waals surface area contributed by atoms with E-state index in [0.717, 1.165) is 40.9 Å². The van der Waals surface area contributed by atoms with Gasteiger partial charge in [0, 0.05) is 6.54 Å². The van der Waals surface area contributed by atoms with Gasteiger partial charge in [0.1, 0.15) is 5.75 Å². The Kier molecular flexibility index (Phi) is 9.56. The van der Waals surface area contributed by atoms with Gasteiger partial charge in [-0.2, -0.15) is 0 Å². The van der Waals surface area contributed by atoms with E-state index >= 15 is 0 Å². The molecule has 260 valence electrons. The number of nitrogens with one attached hydrogen (secondary N) is 1. The second-order valence-corrected chi connectivity index (χ2v) is 19.3. The van der Waals surface area contributed by atoms with Gasteiger partial charge < -0.3 is 19.5 Å². The number of methoxy groups -OCH3 is 1. The molecule has 0 radical (unpaired) electrons. The number of amides is 1. The Labute approximate surface area is 294 Å². The highest BCUT2D eigenvalue weighted by Crippen LogP contribution is 2.47. The maximum absolute atomic E-state index is 14.2. The minimum Gasteiger partial charge on any atom is -0.497 e. The average Bonchev–Trinajstić information content (AvgIpc) is 3.65. The number of H-pyrrole nitrogens is 1. The Morgan fingerprint density at radius 2 is 1.70 bits per heavy atom. The molecule has 1 aromatic heterocycles. The van der Waals surface area contributed by atoms with Gasteiger partial charge >= 0.3 is 0 Å². The van der Waals surface area contributed by atoms with Crippen molar-refractivity contribution in [3.05, 3.63) is 124 Å². The third-order valence-corrected chi connectivity index (χ3v) is 15.7. The van der Waals surface area contributed by atoms with Crippen molar-refractivity contribution in [1.82, 2.24) is 14.7 Å². The van der Waals surface area contributed by atoms with Gasteiger partial charge in [0.2, 0.25) is 5.91 Å². The quantitative estimate of drug-likeness (QED) is 0.176. The van der Waals surface area contributed by atoms with E-state index in [4.69, 9.17) is 9.47 Å². The summed E-state index contributed by atoms with van der Waals surface area (Å²) < 4.78 is 14.1. The van der Waals surface area contributed by atoms with Crippen molar-refractivity contribution in [3.63, 3.8) is 0 Å². The van der Waals surface area contributed by atoms with Gasteiger partial charge in [0.05, 0.1) is 63.1 Å². The predicted octanol–water partition coefficient (Wildman–Crippen LogP) is 5.99. The van der Waals surface area contributed by atoms with Crippen molar-refractivity contribution >= 4 is 30.1 Å². The average molecular weight is 690 g/mol. The number of carbonyl (C=O) groups excluding carboxylic acids is 1. The molecule has 4 aromatic carbocycles. The molecular weight excluding hydrogens is 643 g/mol. The SMILES string of the molecule is COc1ccc([Si](C)(C)[C@@H]2[C@@H](C)[C@@H](CCc3cccc(-n4[nH]c5ccccc5c4=O)c3)O[C@H]2CC(=O)N2Cc3ccccc3C[C@H]2CO)cc1. The number of ether oxygens (including phenoxy) is 2. The van der Waals surface area contributed by atoms with E-state index in [1.165, 1.54) is 10.8 Å². The molecule has 8 nitrogen and oxygen atoms in total. The van der Waals surface area contributed by atoms with E-state index in [1.807, 2.05) is 65.6 Å². The summed E-state index contributed by atoms with van der Waals surface area (Å²) in [7, 11) is -0.492. The molecule has 0 bridgehead atoms. The van der Waals surface area contributed by atoms with Crippen LogP contribution in [-0.2, 0) is 28.9 Å². The summed E-state index contributed by atoms with van der Waals surface area (Å²) in [6.07, 6.45) is 2.26. The van der Waals surface area contributed by atoms with Crippen LogP contribution < -0.4 is 15.5 Å². The second-order valence-electron chi connectivity index (χ2n) is 14.6. The first-order valence-corrected chi connectivity index (χ1v) is 20.8. The second kappa shape index (κ2) is 14.1. The number of aromatic amines is 1. The third-order valence-electron chi connectivity index (χ3n) is 11.3. The van der Waals surface area contributed by atoms with E-state index in [-0.39, 0.29) is 54.2 Å². The van der Waals surface area contributed by atoms with Crippen LogP contribution in [-0.4, -0.2) is 65.7 Å². The molecule has 0 saturated carbocycles. The molecule has 50 heavy (non-hydrogen) atoms. The van der Waals surface area contributed by atoms with Gasteiger partial charge in [-0.3, -0.25) is 14.7 Å². The van der Waals surface area contributed by atoms with Crippen molar-refractivity contribution in [2.75, 3.05) is 13.7 Å². The van der Waals surface area contributed by atoms with E-state index in [2.05, 4.69) is 61.5 Å². The molecule has 1 saturated heterocycles. The lowest BCUT2D eigenvalue weighted by Gasteiger charge is -2.39. The summed E-state index contributed by atoms with van der Waals surface area (Å²) in [4.78, 5) is 29.2. The van der Waals surface area contributed by atoms with Gasteiger partial charge in [-0.15, -0.1) is 0 Å². The number of hydrogen-bond acceptors (Lipinski definition) is 5. The van der Waals surface area contributed by atoms with Crippen LogP contribution in [0, 0.1) is 5.92 Å². The molecular formula is C41H47N3O5Si. The van der Waals surface area contributed by atoms with E-state index < -0.39 is 8.07 Å². The topological polar surface area (TPSA) is 96.8 Å². The maximum atomic E-state index is 14.2. The number of nitrogens with zero attached hydrogens (tertiary/aromatic N) is 2. The number of aliphatic hydroxyl groups excluding tert-OH is 1. The standard InChI is InChI=1S/C41H47N3O5Si/c1-27-37(21-16-28-10-9-13-31(22-28)44-41(47)35-14-7-8-15-36(35)42-44)49-38(40(27)50(3,4)34-19-17-33(48-2)18-20-34)24-39(46)43-25-30-12-6-5-11-29(30)23-32(43)26-45/h5-15,17-20,22,27,32,37-38,40,42,45H,16,21,23-26H2,1-4H3/t27-,32-,37+,38-,40+/m0/s1. The molecule has 1 amide bonds. The van der Waals surface area contributed by atoms with Gasteiger partial charge in [-0.1, -0.05) is 85.9 Å². The number of benzene rings is 4. The Hall–Kier alpha value is -4.44. The first-order chi connectivity index (χ1) is 24.2. The van der Waals surface area contributed by atoms with Crippen LogP contribution in [0.4, 0.5) is 0 Å². The monoisotopic (exact) mass is 689 g/mol. The minimum atomic E-state index is -2.18. The first-order valence-electron chi connectivity index (χ1n) is 17.7. The molecule has 9 heteroatoms. The highest BCUT2D eigenvalue weighted by Gasteiger charge is 2.51. The molecule has 7 rings (SSSR count). The zero-order chi connectivity index (χ0) is 35.0. The fourth-order valence-electron chi connectivity index (χ4n) is 8.58. The predicted molar refractivity (Wildman–Crippen MR) is 200 cm³/mol. The highest BCUT2D eigenvalue weighted by atomic mass is 28.3. The van der Waals surface area contributed by atoms with Gasteiger partial charge in [-0.25, -0.2) is 4.68 Å². The van der Waals surface area contributed by atoms with Crippen LogP contribution >= 0.6 is 0 Å². The maximum Gasteiger partial charge on any atom is 0.279 e.